The van der Waals surface area contributed by atoms with Gasteiger partial charge in [0.25, 0.3) is 0 Å². The van der Waals surface area contributed by atoms with E-state index in [1.54, 1.807) is 6.92 Å². The Bertz CT molecular complexity index is 1330. The van der Waals surface area contributed by atoms with E-state index in [1.165, 1.54) is 5.57 Å². The Morgan fingerprint density at radius 3 is 2.27 bits per heavy atom. The minimum Gasteiger partial charge on any atom is -0.479 e. The summed E-state index contributed by atoms with van der Waals surface area (Å²) in [6.45, 7) is 10.5. The van der Waals surface area contributed by atoms with E-state index < -0.39 is 53.5 Å². The van der Waals surface area contributed by atoms with Crippen molar-refractivity contribution < 1.29 is 54.1 Å². The molecule has 0 bridgehead atoms. The van der Waals surface area contributed by atoms with Crippen LogP contribution < -0.4 is 0 Å². The van der Waals surface area contributed by atoms with Gasteiger partial charge in [-0.15, -0.1) is 0 Å². The number of carbonyl (C=O) groups excluding carboxylic acids is 2. The number of carboxylic acids is 1. The van der Waals surface area contributed by atoms with Crippen LogP contribution in [-0.2, 0) is 28.6 Å². The van der Waals surface area contributed by atoms with E-state index in [4.69, 9.17) is 14.2 Å². The minimum atomic E-state index is -1.74. The molecule has 6 aliphatic rings. The van der Waals surface area contributed by atoms with Crippen LogP contribution in [0.1, 0.15) is 105 Å². The fourth-order valence-corrected chi connectivity index (χ4v) is 12.3. The first-order valence-electron chi connectivity index (χ1n) is 18.7. The fraction of sp³-hybridized carbons (Fsp3) is 0.868. The van der Waals surface area contributed by atoms with Crippen molar-refractivity contribution in [2.75, 3.05) is 13.2 Å². The molecular weight excluding hydrogens is 632 g/mol. The third-order valence-electron chi connectivity index (χ3n) is 14.9. The lowest BCUT2D eigenvalue weighted by molar-refractivity contribution is -0.244. The van der Waals surface area contributed by atoms with Crippen LogP contribution in [0.2, 0.25) is 0 Å². The van der Waals surface area contributed by atoms with Crippen molar-refractivity contribution >= 4 is 17.9 Å². The second-order valence-corrected chi connectivity index (χ2v) is 17.3. The van der Waals surface area contributed by atoms with Gasteiger partial charge in [0.2, 0.25) is 0 Å². The SMILES string of the molecule is CCOC(=O)COC(=O)C12CCC(C)CC1C1=CCC3C(C)(CCC4C3(C)CCC(CC3OC(C(=O)O)C(O)C(O)C3O)[C@@]4(C)O)C1CC2. The zero-order valence-electron chi connectivity index (χ0n) is 29.8. The Hall–Kier alpha value is -2.05. The Kier molecular flexibility index (Phi) is 9.88. The number of fused-ring (bicyclic) bond motifs is 7. The van der Waals surface area contributed by atoms with Gasteiger partial charge in [0.1, 0.15) is 18.3 Å². The molecule has 0 amide bonds. The molecule has 0 spiro atoms. The van der Waals surface area contributed by atoms with E-state index in [1.807, 2.05) is 6.92 Å². The maximum absolute atomic E-state index is 13.8. The predicted molar refractivity (Wildman–Crippen MR) is 177 cm³/mol. The van der Waals surface area contributed by atoms with Crippen molar-refractivity contribution in [1.82, 2.24) is 0 Å². The predicted octanol–water partition coefficient (Wildman–Crippen LogP) is 3.78. The Morgan fingerprint density at radius 1 is 0.878 bits per heavy atom. The molecule has 0 aromatic carbocycles. The maximum atomic E-state index is 13.8. The molecule has 11 nitrogen and oxygen atoms in total. The zero-order valence-corrected chi connectivity index (χ0v) is 29.8. The summed E-state index contributed by atoms with van der Waals surface area (Å²) in [5, 5.41) is 53.3. The molecule has 0 radical (unpaired) electrons. The minimum absolute atomic E-state index is 0.0163. The number of rotatable bonds is 7. The van der Waals surface area contributed by atoms with Crippen LogP contribution in [0.3, 0.4) is 0 Å². The van der Waals surface area contributed by atoms with Crippen molar-refractivity contribution in [2.24, 2.45) is 51.8 Å². The van der Waals surface area contributed by atoms with Crippen molar-refractivity contribution in [1.29, 1.82) is 0 Å². The second kappa shape index (κ2) is 13.2. The van der Waals surface area contributed by atoms with Gasteiger partial charge in [0.15, 0.2) is 12.7 Å². The van der Waals surface area contributed by atoms with Crippen LogP contribution >= 0.6 is 0 Å². The quantitative estimate of drug-likeness (QED) is 0.194. The van der Waals surface area contributed by atoms with E-state index >= 15 is 0 Å². The van der Waals surface area contributed by atoms with Gasteiger partial charge in [-0.1, -0.05) is 32.4 Å². The first kappa shape index (κ1) is 36.7. The Balaban J connectivity index is 1.23. The van der Waals surface area contributed by atoms with Crippen LogP contribution in [0.15, 0.2) is 11.6 Å². The standard InChI is InChI=1S/C38H58O11/c1-6-47-28(39)19-48-34(45)38-15-9-20(2)17-24(38)22-7-8-26-35(3,23(22)11-16-38)14-12-27-36(26,4)13-10-21(37(27,5)46)18-25-29(40)30(41)31(42)32(49-25)33(43)44/h7,20-21,23-27,29-32,40-42,46H,6,8-19H2,1-5H3,(H,43,44)/t20?,21?,23?,24?,25?,26?,27?,29?,30?,31?,32?,35?,36?,37-,38?/m1/s1. The number of aliphatic hydroxyl groups is 4. The van der Waals surface area contributed by atoms with Crippen LogP contribution in [-0.4, -0.2) is 92.8 Å². The molecule has 1 aliphatic heterocycles. The monoisotopic (exact) mass is 690 g/mol. The highest BCUT2D eigenvalue weighted by atomic mass is 16.6. The van der Waals surface area contributed by atoms with E-state index in [2.05, 4.69) is 26.8 Å². The largest absolute Gasteiger partial charge is 0.479 e. The van der Waals surface area contributed by atoms with Crippen molar-refractivity contribution in [2.45, 2.75) is 141 Å². The van der Waals surface area contributed by atoms with E-state index in [9.17, 15) is 39.9 Å². The number of aliphatic hydroxyl groups excluding tert-OH is 3. The van der Waals surface area contributed by atoms with Gasteiger partial charge in [-0.25, -0.2) is 9.59 Å². The lowest BCUT2D eigenvalue weighted by Gasteiger charge is -2.68. The van der Waals surface area contributed by atoms with Crippen LogP contribution in [0.4, 0.5) is 0 Å². The number of aliphatic carboxylic acids is 1. The highest BCUT2D eigenvalue weighted by Gasteiger charge is 2.66. The average molecular weight is 691 g/mol. The summed E-state index contributed by atoms with van der Waals surface area (Å²) in [7, 11) is 0. The molecule has 49 heavy (non-hydrogen) atoms. The van der Waals surface area contributed by atoms with E-state index in [-0.39, 0.29) is 54.2 Å². The van der Waals surface area contributed by atoms with Crippen LogP contribution in [0.5, 0.6) is 0 Å². The van der Waals surface area contributed by atoms with Crippen molar-refractivity contribution in [3.8, 4) is 0 Å². The van der Waals surface area contributed by atoms with Gasteiger partial charge in [0.05, 0.1) is 23.7 Å². The van der Waals surface area contributed by atoms with Gasteiger partial charge in [0, 0.05) is 0 Å². The molecule has 6 rings (SSSR count). The summed E-state index contributed by atoms with van der Waals surface area (Å²) in [6, 6.07) is 0. The molecule has 0 aromatic heterocycles. The van der Waals surface area contributed by atoms with Gasteiger partial charge in [-0.2, -0.15) is 0 Å². The molecular formula is C38H58O11. The molecule has 5 N–H and O–H groups in total. The number of allylic oxidation sites excluding steroid dienone is 2. The first-order chi connectivity index (χ1) is 23.0. The summed E-state index contributed by atoms with van der Waals surface area (Å²) < 4.78 is 16.3. The van der Waals surface area contributed by atoms with Gasteiger partial charge in [-0.3, -0.25) is 4.79 Å². The first-order valence-corrected chi connectivity index (χ1v) is 18.7. The van der Waals surface area contributed by atoms with Gasteiger partial charge in [-0.05, 0) is 131 Å². The molecule has 15 atom stereocenters. The number of ether oxygens (including phenoxy) is 3. The number of hydrogen-bond donors (Lipinski definition) is 5. The maximum Gasteiger partial charge on any atom is 0.344 e. The third-order valence-corrected chi connectivity index (χ3v) is 14.9. The molecule has 1 heterocycles. The summed E-state index contributed by atoms with van der Waals surface area (Å²) in [5.74, 6) is -1.31. The molecule has 1 saturated heterocycles. The summed E-state index contributed by atoms with van der Waals surface area (Å²) in [6.07, 6.45) is 3.45. The molecule has 11 heteroatoms. The van der Waals surface area contributed by atoms with Crippen molar-refractivity contribution in [3.05, 3.63) is 11.6 Å². The molecule has 4 saturated carbocycles. The lowest BCUT2D eigenvalue weighted by atomic mass is 9.37. The van der Waals surface area contributed by atoms with Gasteiger partial charge < -0.3 is 39.7 Å². The Labute approximate surface area is 289 Å². The molecule has 5 fully saturated rings. The van der Waals surface area contributed by atoms with E-state index in [0.717, 1.165) is 57.8 Å². The molecule has 5 aliphatic carbocycles. The van der Waals surface area contributed by atoms with Crippen LogP contribution in [0, 0.1) is 51.8 Å². The zero-order chi connectivity index (χ0) is 35.7. The van der Waals surface area contributed by atoms with Crippen LogP contribution in [0.25, 0.3) is 0 Å². The number of esters is 2. The fourth-order valence-electron chi connectivity index (χ4n) is 12.3. The van der Waals surface area contributed by atoms with Gasteiger partial charge >= 0.3 is 17.9 Å². The number of hydrogen-bond acceptors (Lipinski definition) is 10. The average Bonchev–Trinajstić information content (AvgIpc) is 3.04. The normalized spacial score (nSPS) is 49.2. The van der Waals surface area contributed by atoms with Crippen molar-refractivity contribution in [3.63, 3.8) is 0 Å². The highest BCUT2D eigenvalue weighted by molar-refractivity contribution is 5.81. The number of carboxylic acid groups (broad SMARTS) is 1. The summed E-state index contributed by atoms with van der Waals surface area (Å²) >= 11 is 0. The Morgan fingerprint density at radius 2 is 1.57 bits per heavy atom. The highest BCUT2D eigenvalue weighted by Crippen LogP contribution is 2.71. The second-order valence-electron chi connectivity index (χ2n) is 17.3. The topological polar surface area (TPSA) is 180 Å². The molecule has 0 aromatic rings. The number of carbonyl (C=O) groups is 3. The third kappa shape index (κ3) is 5.87. The summed E-state index contributed by atoms with van der Waals surface area (Å²) in [5.41, 5.74) is -0.540. The summed E-state index contributed by atoms with van der Waals surface area (Å²) in [4.78, 5) is 37.6. The molecule has 276 valence electrons. The smallest absolute Gasteiger partial charge is 0.344 e. The lowest BCUT2D eigenvalue weighted by Crippen LogP contribution is -2.65. The van der Waals surface area contributed by atoms with E-state index in [0.29, 0.717) is 24.2 Å². The molecule has 14 unspecified atom stereocenters.